The highest BCUT2D eigenvalue weighted by atomic mass is 16.6. The number of benzene rings is 1. The molecule has 0 fully saturated rings. The maximum atomic E-state index is 11.9. The van der Waals surface area contributed by atoms with E-state index in [1.54, 1.807) is 25.1 Å². The number of H-pyrrole nitrogens is 1. The van der Waals surface area contributed by atoms with Crippen molar-refractivity contribution < 1.29 is 9.72 Å². The zero-order valence-corrected chi connectivity index (χ0v) is 9.51. The Hall–Kier alpha value is -2.70. The first kappa shape index (κ1) is 11.8. The maximum absolute atomic E-state index is 11.9. The van der Waals surface area contributed by atoms with E-state index in [2.05, 4.69) is 15.5 Å². The third-order valence-corrected chi connectivity index (χ3v) is 2.41. The Kier molecular flexibility index (Phi) is 3.05. The van der Waals surface area contributed by atoms with E-state index in [4.69, 9.17) is 0 Å². The number of nitro benzene ring substituents is 1. The number of aromatic amines is 1. The summed E-state index contributed by atoms with van der Waals surface area (Å²) in [5.74, 6) is -0.162. The highest BCUT2D eigenvalue weighted by molar-refractivity contribution is 6.06. The number of carbonyl (C=O) groups excluding carboxylic acids is 1. The second kappa shape index (κ2) is 4.66. The number of aryl methyl sites for hydroxylation is 1. The van der Waals surface area contributed by atoms with Crippen LogP contribution in [0.4, 0.5) is 11.5 Å². The lowest BCUT2D eigenvalue weighted by Gasteiger charge is -2.05. The van der Waals surface area contributed by atoms with Gasteiger partial charge in [-0.25, -0.2) is 0 Å². The minimum atomic E-state index is -0.558. The van der Waals surface area contributed by atoms with Crippen molar-refractivity contribution in [1.82, 2.24) is 10.2 Å². The number of hydrogen-bond donors (Lipinski definition) is 2. The molecule has 0 bridgehead atoms. The van der Waals surface area contributed by atoms with Crippen LogP contribution in [0.3, 0.4) is 0 Å². The molecule has 0 unspecified atom stereocenters. The number of para-hydroxylation sites is 1. The maximum Gasteiger partial charge on any atom is 0.285 e. The third kappa shape index (κ3) is 2.19. The van der Waals surface area contributed by atoms with Crippen LogP contribution in [-0.4, -0.2) is 21.0 Å². The van der Waals surface area contributed by atoms with Crippen molar-refractivity contribution >= 4 is 17.4 Å². The van der Waals surface area contributed by atoms with Gasteiger partial charge in [0.2, 0.25) is 0 Å². The summed E-state index contributed by atoms with van der Waals surface area (Å²) in [5, 5.41) is 19.7. The fourth-order valence-electron chi connectivity index (χ4n) is 1.60. The highest BCUT2D eigenvalue weighted by Gasteiger charge is 2.22. The smallest absolute Gasteiger partial charge is 0.285 e. The summed E-state index contributed by atoms with van der Waals surface area (Å²) in [6, 6.07) is 6.16. The number of anilines is 1. The van der Waals surface area contributed by atoms with Gasteiger partial charge in [0, 0.05) is 11.6 Å². The molecule has 0 aliphatic carbocycles. The van der Waals surface area contributed by atoms with E-state index in [9.17, 15) is 14.9 Å². The van der Waals surface area contributed by atoms with Gasteiger partial charge in [-0.2, -0.15) is 5.10 Å². The Bertz CT molecular complexity index is 592. The summed E-state index contributed by atoms with van der Waals surface area (Å²) in [6.07, 6.45) is 1.47. The molecule has 7 heteroatoms. The molecule has 0 aliphatic heterocycles. The molecule has 1 aromatic carbocycles. The molecule has 7 nitrogen and oxygen atoms in total. The molecular formula is C11H10N4O3. The molecule has 0 aliphatic rings. The Morgan fingerprint density at radius 3 is 2.83 bits per heavy atom. The highest BCUT2D eigenvalue weighted by Crippen LogP contribution is 2.23. The molecule has 0 saturated carbocycles. The van der Waals surface area contributed by atoms with Crippen LogP contribution in [0.15, 0.2) is 30.5 Å². The van der Waals surface area contributed by atoms with Gasteiger partial charge in [-0.05, 0) is 13.0 Å². The predicted molar refractivity (Wildman–Crippen MR) is 64.4 cm³/mol. The lowest BCUT2D eigenvalue weighted by atomic mass is 10.1. The average Bonchev–Trinajstić information content (AvgIpc) is 2.80. The molecule has 0 atom stereocenters. The SMILES string of the molecule is Cc1cccc(C(=O)Nc2ccn[nH]2)c1[N+](=O)[O-]. The minimum Gasteiger partial charge on any atom is -0.307 e. The summed E-state index contributed by atoms with van der Waals surface area (Å²) in [4.78, 5) is 22.3. The van der Waals surface area contributed by atoms with E-state index < -0.39 is 10.8 Å². The molecule has 0 saturated heterocycles. The number of carbonyl (C=O) groups is 1. The minimum absolute atomic E-state index is 0.0228. The lowest BCUT2D eigenvalue weighted by Crippen LogP contribution is -2.14. The Morgan fingerprint density at radius 1 is 1.44 bits per heavy atom. The van der Waals surface area contributed by atoms with Gasteiger partial charge in [0.05, 0.1) is 11.1 Å². The molecule has 18 heavy (non-hydrogen) atoms. The Morgan fingerprint density at radius 2 is 2.22 bits per heavy atom. The molecular weight excluding hydrogens is 236 g/mol. The van der Waals surface area contributed by atoms with Crippen LogP contribution in [0, 0.1) is 17.0 Å². The quantitative estimate of drug-likeness (QED) is 0.637. The summed E-state index contributed by atoms with van der Waals surface area (Å²) in [5.41, 5.74) is 0.279. The lowest BCUT2D eigenvalue weighted by molar-refractivity contribution is -0.385. The number of nitrogens with zero attached hydrogens (tertiary/aromatic N) is 2. The van der Waals surface area contributed by atoms with E-state index in [0.717, 1.165) is 0 Å². The van der Waals surface area contributed by atoms with E-state index in [1.165, 1.54) is 12.3 Å². The monoisotopic (exact) mass is 246 g/mol. The van der Waals surface area contributed by atoms with Crippen LogP contribution >= 0.6 is 0 Å². The van der Waals surface area contributed by atoms with Gasteiger partial charge >= 0.3 is 0 Å². The number of rotatable bonds is 3. The first-order valence-corrected chi connectivity index (χ1v) is 5.14. The third-order valence-electron chi connectivity index (χ3n) is 2.41. The van der Waals surface area contributed by atoms with Crippen molar-refractivity contribution in [3.63, 3.8) is 0 Å². The predicted octanol–water partition coefficient (Wildman–Crippen LogP) is 1.88. The van der Waals surface area contributed by atoms with E-state index >= 15 is 0 Å². The van der Waals surface area contributed by atoms with Crippen molar-refractivity contribution in [2.45, 2.75) is 6.92 Å². The number of nitro groups is 1. The standard InChI is InChI=1S/C11H10N4O3/c1-7-3-2-4-8(10(7)15(17)18)11(16)13-9-5-6-12-14-9/h2-6H,1H3,(H2,12,13,14,16). The first-order valence-electron chi connectivity index (χ1n) is 5.14. The van der Waals surface area contributed by atoms with Crippen molar-refractivity contribution in [1.29, 1.82) is 0 Å². The molecule has 2 rings (SSSR count). The summed E-state index contributed by atoms with van der Waals surface area (Å²) < 4.78 is 0. The van der Waals surface area contributed by atoms with Gasteiger partial charge in [0.1, 0.15) is 11.4 Å². The van der Waals surface area contributed by atoms with Gasteiger partial charge in [0.15, 0.2) is 0 Å². The zero-order valence-electron chi connectivity index (χ0n) is 9.51. The number of nitrogens with one attached hydrogen (secondary N) is 2. The topological polar surface area (TPSA) is 101 Å². The van der Waals surface area contributed by atoms with Gasteiger partial charge in [-0.3, -0.25) is 20.0 Å². The van der Waals surface area contributed by atoms with Crippen molar-refractivity contribution in [3.05, 3.63) is 51.7 Å². The van der Waals surface area contributed by atoms with E-state index in [0.29, 0.717) is 11.4 Å². The Labute approximate surface area is 102 Å². The molecule has 1 amide bonds. The number of aromatic nitrogens is 2. The molecule has 0 spiro atoms. The molecule has 2 N–H and O–H groups in total. The molecule has 1 heterocycles. The molecule has 1 aromatic heterocycles. The number of hydrogen-bond acceptors (Lipinski definition) is 4. The summed E-state index contributed by atoms with van der Waals surface area (Å²) in [6.45, 7) is 1.59. The number of amides is 1. The fourth-order valence-corrected chi connectivity index (χ4v) is 1.60. The molecule has 2 aromatic rings. The second-order valence-corrected chi connectivity index (χ2v) is 3.65. The van der Waals surface area contributed by atoms with Crippen LogP contribution in [0.1, 0.15) is 15.9 Å². The largest absolute Gasteiger partial charge is 0.307 e. The zero-order chi connectivity index (χ0) is 13.1. The molecule has 92 valence electrons. The van der Waals surface area contributed by atoms with Gasteiger partial charge in [-0.1, -0.05) is 12.1 Å². The average molecular weight is 246 g/mol. The van der Waals surface area contributed by atoms with Crippen LogP contribution in [-0.2, 0) is 0 Å². The van der Waals surface area contributed by atoms with Crippen LogP contribution in [0.25, 0.3) is 0 Å². The van der Waals surface area contributed by atoms with Crippen molar-refractivity contribution in [2.75, 3.05) is 5.32 Å². The van der Waals surface area contributed by atoms with E-state index in [1.807, 2.05) is 0 Å². The first-order chi connectivity index (χ1) is 8.59. The summed E-state index contributed by atoms with van der Waals surface area (Å²) >= 11 is 0. The second-order valence-electron chi connectivity index (χ2n) is 3.65. The van der Waals surface area contributed by atoms with Gasteiger partial charge in [0.25, 0.3) is 11.6 Å². The summed E-state index contributed by atoms with van der Waals surface area (Å²) in [7, 11) is 0. The van der Waals surface area contributed by atoms with Gasteiger partial charge in [-0.15, -0.1) is 0 Å². The van der Waals surface area contributed by atoms with Crippen molar-refractivity contribution in [2.24, 2.45) is 0 Å². The van der Waals surface area contributed by atoms with Crippen molar-refractivity contribution in [3.8, 4) is 0 Å². The van der Waals surface area contributed by atoms with Crippen LogP contribution < -0.4 is 5.32 Å². The van der Waals surface area contributed by atoms with Gasteiger partial charge < -0.3 is 5.32 Å². The Balaban J connectivity index is 2.36. The normalized spacial score (nSPS) is 10.1. The molecule has 0 radical (unpaired) electrons. The van der Waals surface area contributed by atoms with Crippen LogP contribution in [0.2, 0.25) is 0 Å². The van der Waals surface area contributed by atoms with Crippen LogP contribution in [0.5, 0.6) is 0 Å². The van der Waals surface area contributed by atoms with E-state index in [-0.39, 0.29) is 11.3 Å². The fraction of sp³-hybridized carbons (Fsp3) is 0.0909.